The van der Waals surface area contributed by atoms with Crippen LogP contribution >= 0.6 is 0 Å². The molecule has 10 nitrogen and oxygen atoms in total. The molecule has 0 saturated heterocycles. The zero-order valence-electron chi connectivity index (χ0n) is 44.6. The van der Waals surface area contributed by atoms with Gasteiger partial charge in [-0.15, -0.1) is 0 Å². The van der Waals surface area contributed by atoms with Crippen molar-refractivity contribution in [1.29, 1.82) is 0 Å². The van der Waals surface area contributed by atoms with Crippen LogP contribution in [0.1, 0.15) is 76.2 Å². The van der Waals surface area contributed by atoms with E-state index in [1.165, 1.54) is 0 Å². The third kappa shape index (κ3) is 44.7. The van der Waals surface area contributed by atoms with Gasteiger partial charge in [-0.25, -0.2) is 0 Å². The van der Waals surface area contributed by atoms with Gasteiger partial charge >= 0.3 is 0 Å². The Bertz CT molecular complexity index is 1420. The Balaban J connectivity index is 0. The van der Waals surface area contributed by atoms with Gasteiger partial charge in [-0.3, -0.25) is 0 Å². The van der Waals surface area contributed by atoms with Crippen LogP contribution in [0.15, 0.2) is 152 Å². The third-order valence-electron chi connectivity index (χ3n) is 8.15. The minimum atomic E-state index is 0.144. The van der Waals surface area contributed by atoms with E-state index in [9.17, 15) is 0 Å². The predicted octanol–water partition coefficient (Wildman–Crippen LogP) is 13.8. The summed E-state index contributed by atoms with van der Waals surface area (Å²) in [6.45, 7) is 25.9. The number of rotatable bonds is 20. The van der Waals surface area contributed by atoms with Crippen molar-refractivity contribution in [3.63, 3.8) is 0 Å². The van der Waals surface area contributed by atoms with Crippen LogP contribution in [0.3, 0.4) is 0 Å². The summed E-state index contributed by atoms with van der Waals surface area (Å²) < 4.78 is 52.4. The van der Waals surface area contributed by atoms with Crippen molar-refractivity contribution in [2.45, 2.75) is 107 Å². The summed E-state index contributed by atoms with van der Waals surface area (Å²) in [6, 6.07) is 48.7. The Morgan fingerprint density at radius 1 is 0.235 bits per heavy atom. The first kappa shape index (κ1) is 65.0. The van der Waals surface area contributed by atoms with E-state index in [0.29, 0.717) is 33.0 Å². The number of methoxy groups -OCH3 is 5. The zero-order chi connectivity index (χ0) is 51.2. The maximum absolute atomic E-state index is 5.43. The van der Waals surface area contributed by atoms with Crippen LogP contribution in [0.2, 0.25) is 0 Å². The molecule has 10 heteroatoms. The second-order valence-corrected chi connectivity index (χ2v) is 16.8. The fourth-order valence-electron chi connectivity index (χ4n) is 3.99. The highest BCUT2D eigenvalue weighted by Gasteiger charge is 2.02. The van der Waals surface area contributed by atoms with E-state index in [2.05, 4.69) is 41.5 Å². The van der Waals surface area contributed by atoms with Gasteiger partial charge in [-0.05, 0) is 107 Å². The Morgan fingerprint density at radius 3 is 0.456 bits per heavy atom. The molecule has 5 aromatic rings. The van der Waals surface area contributed by atoms with Crippen molar-refractivity contribution in [3.05, 3.63) is 152 Å². The molecule has 0 amide bonds. The summed E-state index contributed by atoms with van der Waals surface area (Å²) in [4.78, 5) is 0. The van der Waals surface area contributed by atoms with E-state index >= 15 is 0 Å². The van der Waals surface area contributed by atoms with Gasteiger partial charge in [0.1, 0.15) is 61.8 Å². The Morgan fingerprint density at radius 2 is 0.353 bits per heavy atom. The van der Waals surface area contributed by atoms with Crippen LogP contribution < -0.4 is 23.7 Å². The molecule has 0 saturated carbocycles. The van der Waals surface area contributed by atoms with Crippen molar-refractivity contribution in [2.24, 2.45) is 11.8 Å². The monoisotopic (exact) mass is 947 g/mol. The van der Waals surface area contributed by atoms with Gasteiger partial charge < -0.3 is 47.4 Å². The van der Waals surface area contributed by atoms with E-state index in [0.717, 1.165) is 40.6 Å². The second kappa shape index (κ2) is 45.7. The van der Waals surface area contributed by atoms with Gasteiger partial charge in [0, 0.05) is 35.5 Å². The molecular formula is C58H90O10. The molecule has 0 fully saturated rings. The molecule has 0 bridgehead atoms. The minimum absolute atomic E-state index is 0.144. The van der Waals surface area contributed by atoms with Crippen molar-refractivity contribution in [3.8, 4) is 28.7 Å². The van der Waals surface area contributed by atoms with Crippen LogP contribution in [0.4, 0.5) is 0 Å². The molecule has 382 valence electrons. The molecule has 0 aliphatic rings. The Labute approximate surface area is 413 Å². The molecule has 5 unspecified atom stereocenters. The highest BCUT2D eigenvalue weighted by molar-refractivity contribution is 5.23. The van der Waals surface area contributed by atoms with Crippen molar-refractivity contribution in [1.82, 2.24) is 0 Å². The lowest BCUT2D eigenvalue weighted by Crippen LogP contribution is -2.15. The number of para-hydroxylation sites is 5. The van der Waals surface area contributed by atoms with E-state index in [-0.39, 0.29) is 30.5 Å². The summed E-state index contributed by atoms with van der Waals surface area (Å²) in [6.07, 6.45) is 0.719. The maximum atomic E-state index is 5.43. The fourth-order valence-corrected chi connectivity index (χ4v) is 3.99. The average molecular weight is 947 g/mol. The largest absolute Gasteiger partial charge is 0.491 e. The lowest BCUT2D eigenvalue weighted by molar-refractivity contribution is 0.0716. The summed E-state index contributed by atoms with van der Waals surface area (Å²) in [5.41, 5.74) is 0. The first-order valence-electron chi connectivity index (χ1n) is 23.6. The standard InChI is InChI=1S/5C10H14O2.2C4H10/c5*1-9(11-2)8-12-10-6-4-3-5-7-10;2*1-4(2)3/h5*3-7,9H,8H2,1-2H3;2*4H,1-3H3. The number of hydrogen-bond donors (Lipinski definition) is 0. The molecule has 5 atom stereocenters. The van der Waals surface area contributed by atoms with Gasteiger partial charge in [0.2, 0.25) is 0 Å². The SMILES string of the molecule is CC(C)C.CC(C)C.COC(C)COc1ccccc1.COC(C)COc1ccccc1.COC(C)COc1ccccc1.COC(C)COc1ccccc1.COC(C)COc1ccccc1. The summed E-state index contributed by atoms with van der Waals surface area (Å²) in [5.74, 6) is 6.12. The minimum Gasteiger partial charge on any atom is -0.491 e. The molecule has 5 aromatic carbocycles. The lowest BCUT2D eigenvalue weighted by atomic mass is 10.3. The van der Waals surface area contributed by atoms with Gasteiger partial charge in [0.05, 0.1) is 30.5 Å². The van der Waals surface area contributed by atoms with Gasteiger partial charge in [-0.1, -0.05) is 133 Å². The highest BCUT2D eigenvalue weighted by atomic mass is 16.5. The summed E-state index contributed by atoms with van der Waals surface area (Å²) in [7, 11) is 8.40. The van der Waals surface area contributed by atoms with Crippen molar-refractivity contribution < 1.29 is 47.4 Å². The molecule has 0 heterocycles. The van der Waals surface area contributed by atoms with Crippen molar-refractivity contribution >= 4 is 0 Å². The first-order valence-corrected chi connectivity index (χ1v) is 23.6. The third-order valence-corrected chi connectivity index (χ3v) is 8.15. The Kier molecular flexibility index (Phi) is 43.6. The number of hydrogen-bond acceptors (Lipinski definition) is 10. The van der Waals surface area contributed by atoms with E-state index in [1.54, 1.807) is 35.5 Å². The predicted molar refractivity (Wildman–Crippen MR) is 283 cm³/mol. The lowest BCUT2D eigenvalue weighted by Gasteiger charge is -2.10. The second-order valence-electron chi connectivity index (χ2n) is 16.8. The average Bonchev–Trinajstić information content (AvgIpc) is 3.37. The highest BCUT2D eigenvalue weighted by Crippen LogP contribution is 2.12. The van der Waals surface area contributed by atoms with E-state index in [1.807, 2.05) is 186 Å². The fraction of sp³-hybridized carbons (Fsp3) is 0.483. The molecule has 0 aliphatic carbocycles. The Hall–Kier alpha value is -5.10. The van der Waals surface area contributed by atoms with Crippen LogP contribution in [0.5, 0.6) is 28.7 Å². The molecule has 0 N–H and O–H groups in total. The summed E-state index contributed by atoms with van der Waals surface area (Å²) >= 11 is 0. The zero-order valence-corrected chi connectivity index (χ0v) is 44.6. The molecule has 0 radical (unpaired) electrons. The molecule has 0 spiro atoms. The number of ether oxygens (including phenoxy) is 10. The quantitative estimate of drug-likeness (QED) is 0.0751. The van der Waals surface area contributed by atoms with E-state index in [4.69, 9.17) is 47.4 Å². The molecular weight excluding hydrogens is 857 g/mol. The molecule has 5 rings (SSSR count). The van der Waals surface area contributed by atoms with Crippen molar-refractivity contribution in [2.75, 3.05) is 68.6 Å². The van der Waals surface area contributed by atoms with Crippen LogP contribution in [-0.4, -0.2) is 99.1 Å². The summed E-state index contributed by atoms with van der Waals surface area (Å²) in [5, 5.41) is 0. The number of benzene rings is 5. The molecule has 0 aromatic heterocycles. The van der Waals surface area contributed by atoms with E-state index < -0.39 is 0 Å². The normalized spacial score (nSPS) is 12.1. The van der Waals surface area contributed by atoms with Crippen LogP contribution in [0, 0.1) is 11.8 Å². The molecule has 68 heavy (non-hydrogen) atoms. The van der Waals surface area contributed by atoms with Gasteiger partial charge in [0.15, 0.2) is 0 Å². The van der Waals surface area contributed by atoms with Crippen LogP contribution in [0.25, 0.3) is 0 Å². The smallest absolute Gasteiger partial charge is 0.119 e. The van der Waals surface area contributed by atoms with Crippen LogP contribution in [-0.2, 0) is 23.7 Å². The first-order chi connectivity index (χ1) is 32.6. The molecule has 0 aliphatic heterocycles. The maximum Gasteiger partial charge on any atom is 0.119 e. The van der Waals surface area contributed by atoms with Gasteiger partial charge in [-0.2, -0.15) is 0 Å². The van der Waals surface area contributed by atoms with Gasteiger partial charge in [0.25, 0.3) is 0 Å². The topological polar surface area (TPSA) is 92.3 Å².